The number of likely N-dealkylation sites (N-methyl/N-ethyl adjacent to an activating group) is 2. The molecule has 0 spiro atoms. The number of anilines is 1. The zero-order chi connectivity index (χ0) is 21.4. The zero-order valence-corrected chi connectivity index (χ0v) is 17.9. The molecule has 29 heavy (non-hydrogen) atoms. The van der Waals surface area contributed by atoms with Crippen molar-refractivity contribution < 1.29 is 14.4 Å². The Labute approximate surface area is 174 Å². The third-order valence-corrected chi connectivity index (χ3v) is 5.27. The summed E-state index contributed by atoms with van der Waals surface area (Å²) in [6.45, 7) is 5.01. The molecule has 9 nitrogen and oxygen atoms in total. The highest BCUT2D eigenvalue weighted by Crippen LogP contribution is 2.16. The van der Waals surface area contributed by atoms with Crippen molar-refractivity contribution in [2.45, 2.75) is 19.0 Å². The second kappa shape index (κ2) is 10.6. The summed E-state index contributed by atoms with van der Waals surface area (Å²) in [4.78, 5) is 40.1. The van der Waals surface area contributed by atoms with Gasteiger partial charge in [0.1, 0.15) is 6.33 Å². The van der Waals surface area contributed by atoms with Crippen molar-refractivity contribution >= 4 is 35.2 Å². The summed E-state index contributed by atoms with van der Waals surface area (Å²) in [6, 6.07) is 6.66. The van der Waals surface area contributed by atoms with Gasteiger partial charge in [0.05, 0.1) is 12.3 Å². The Morgan fingerprint density at radius 2 is 1.93 bits per heavy atom. The highest BCUT2D eigenvalue weighted by molar-refractivity contribution is 7.99. The molecule has 10 heteroatoms. The molecule has 0 atom stereocenters. The average Bonchev–Trinajstić information content (AvgIpc) is 3.11. The van der Waals surface area contributed by atoms with Crippen LogP contribution in [0.15, 0.2) is 35.7 Å². The number of nitrogens with one attached hydrogen (secondary N) is 1. The number of rotatable bonds is 9. The Balaban J connectivity index is 1.95. The number of carbonyl (C=O) groups excluding carboxylic acids is 3. The fourth-order valence-corrected chi connectivity index (χ4v) is 3.32. The second-order valence-corrected chi connectivity index (χ2v) is 7.31. The molecule has 0 saturated carbocycles. The number of thioether (sulfide) groups is 1. The Hall–Kier alpha value is -2.88. The van der Waals surface area contributed by atoms with E-state index in [0.717, 1.165) is 0 Å². The Bertz CT molecular complexity index is 865. The lowest BCUT2D eigenvalue weighted by molar-refractivity contribution is -0.131. The van der Waals surface area contributed by atoms with Crippen LogP contribution < -0.4 is 5.32 Å². The fourth-order valence-electron chi connectivity index (χ4n) is 2.63. The van der Waals surface area contributed by atoms with Crippen LogP contribution in [0.3, 0.4) is 0 Å². The number of hydrogen-bond donors (Lipinski definition) is 1. The molecular weight excluding hydrogens is 392 g/mol. The normalized spacial score (nSPS) is 10.5. The lowest BCUT2D eigenvalue weighted by Gasteiger charge is -2.23. The monoisotopic (exact) mass is 418 g/mol. The van der Waals surface area contributed by atoms with E-state index in [1.807, 2.05) is 13.8 Å². The molecule has 0 aliphatic rings. The summed E-state index contributed by atoms with van der Waals surface area (Å²) in [5.41, 5.74) is 0.918. The molecular formula is C19H26N6O3S. The predicted molar refractivity (Wildman–Crippen MR) is 112 cm³/mol. The van der Waals surface area contributed by atoms with E-state index in [0.29, 0.717) is 29.5 Å². The first-order valence-corrected chi connectivity index (χ1v) is 10.2. The number of nitrogens with zero attached hydrogens (tertiary/aromatic N) is 5. The number of carbonyl (C=O) groups is 3. The summed E-state index contributed by atoms with van der Waals surface area (Å²) in [6.07, 6.45) is 1.57. The van der Waals surface area contributed by atoms with Gasteiger partial charge in [0, 0.05) is 38.4 Å². The first-order chi connectivity index (χ1) is 13.8. The average molecular weight is 419 g/mol. The summed E-state index contributed by atoms with van der Waals surface area (Å²) < 4.78 is 1.73. The molecule has 1 aromatic heterocycles. The zero-order valence-electron chi connectivity index (χ0n) is 17.1. The first-order valence-electron chi connectivity index (χ1n) is 9.25. The Kier molecular flexibility index (Phi) is 8.20. The van der Waals surface area contributed by atoms with Crippen molar-refractivity contribution in [1.29, 1.82) is 0 Å². The summed E-state index contributed by atoms with van der Waals surface area (Å²) in [7, 11) is 3.39. The van der Waals surface area contributed by atoms with Crippen LogP contribution in [0.2, 0.25) is 0 Å². The van der Waals surface area contributed by atoms with Crippen molar-refractivity contribution in [2.24, 2.45) is 7.05 Å². The van der Waals surface area contributed by atoms with Gasteiger partial charge in [-0.05, 0) is 32.0 Å². The molecule has 1 N–H and O–H groups in total. The molecule has 0 radical (unpaired) electrons. The maximum atomic E-state index is 12.7. The molecule has 0 unspecified atom stereocenters. The number of benzene rings is 1. The van der Waals surface area contributed by atoms with Crippen molar-refractivity contribution in [3.63, 3.8) is 0 Å². The SMILES string of the molecule is CCN(CC)C(=O)CN(C)C(=O)c1cccc(NC(=O)CSc2nncn2C)c1. The number of hydrogen-bond acceptors (Lipinski definition) is 6. The summed E-state index contributed by atoms with van der Waals surface area (Å²) in [5.74, 6) is -0.429. The molecule has 2 aromatic rings. The maximum Gasteiger partial charge on any atom is 0.254 e. The van der Waals surface area contributed by atoms with Crippen LogP contribution >= 0.6 is 11.8 Å². The van der Waals surface area contributed by atoms with Crippen molar-refractivity contribution in [1.82, 2.24) is 24.6 Å². The van der Waals surface area contributed by atoms with Crippen LogP contribution in [0.4, 0.5) is 5.69 Å². The third kappa shape index (κ3) is 6.31. The molecule has 0 bridgehead atoms. The van der Waals surface area contributed by atoms with Gasteiger partial charge in [-0.25, -0.2) is 0 Å². The lowest BCUT2D eigenvalue weighted by atomic mass is 10.1. The van der Waals surface area contributed by atoms with Gasteiger partial charge >= 0.3 is 0 Å². The molecule has 1 aromatic carbocycles. The molecule has 3 amide bonds. The number of aryl methyl sites for hydroxylation is 1. The van der Waals surface area contributed by atoms with Crippen molar-refractivity contribution in [2.75, 3.05) is 37.8 Å². The highest BCUT2D eigenvalue weighted by atomic mass is 32.2. The minimum atomic E-state index is -0.282. The maximum absolute atomic E-state index is 12.7. The minimum Gasteiger partial charge on any atom is -0.342 e. The Morgan fingerprint density at radius 3 is 2.55 bits per heavy atom. The topological polar surface area (TPSA) is 100 Å². The molecule has 0 aliphatic carbocycles. The van der Waals surface area contributed by atoms with Crippen molar-refractivity contribution in [3.8, 4) is 0 Å². The fraction of sp³-hybridized carbons (Fsp3) is 0.421. The van der Waals surface area contributed by atoms with E-state index in [1.54, 1.807) is 54.2 Å². The quantitative estimate of drug-likeness (QED) is 0.619. The number of amides is 3. The first kappa shape index (κ1) is 22.4. The van der Waals surface area contributed by atoms with E-state index in [9.17, 15) is 14.4 Å². The third-order valence-electron chi connectivity index (χ3n) is 4.23. The van der Waals surface area contributed by atoms with Crippen LogP contribution in [-0.2, 0) is 16.6 Å². The van der Waals surface area contributed by atoms with Gasteiger partial charge in [-0.1, -0.05) is 17.8 Å². The van der Waals surface area contributed by atoms with Gasteiger partial charge in [0.2, 0.25) is 11.8 Å². The van der Waals surface area contributed by atoms with Crippen LogP contribution in [0.1, 0.15) is 24.2 Å². The molecule has 0 fully saturated rings. The highest BCUT2D eigenvalue weighted by Gasteiger charge is 2.18. The van der Waals surface area contributed by atoms with E-state index in [2.05, 4.69) is 15.5 Å². The Morgan fingerprint density at radius 1 is 1.21 bits per heavy atom. The van der Waals surface area contributed by atoms with E-state index >= 15 is 0 Å². The minimum absolute atomic E-state index is 0.00540. The van der Waals surface area contributed by atoms with Crippen molar-refractivity contribution in [3.05, 3.63) is 36.2 Å². The van der Waals surface area contributed by atoms with E-state index in [1.165, 1.54) is 16.7 Å². The standard InChI is InChI=1S/C19H26N6O3S/c1-5-25(6-2)17(27)11-23(3)18(28)14-8-7-9-15(10-14)21-16(26)12-29-19-22-20-13-24(19)4/h7-10,13H,5-6,11-12H2,1-4H3,(H,21,26). The molecule has 0 saturated heterocycles. The summed E-state index contributed by atoms with van der Waals surface area (Å²) >= 11 is 1.27. The predicted octanol–water partition coefficient (Wildman–Crippen LogP) is 1.49. The van der Waals surface area contributed by atoms with Gasteiger partial charge in [-0.15, -0.1) is 10.2 Å². The molecule has 1 heterocycles. The van der Waals surface area contributed by atoms with E-state index in [-0.39, 0.29) is 30.0 Å². The van der Waals surface area contributed by atoms with E-state index < -0.39 is 0 Å². The van der Waals surface area contributed by atoms with Crippen LogP contribution in [0.25, 0.3) is 0 Å². The molecule has 2 rings (SSSR count). The van der Waals surface area contributed by atoms with Gasteiger partial charge in [-0.2, -0.15) is 0 Å². The van der Waals surface area contributed by atoms with Gasteiger partial charge in [0.15, 0.2) is 5.16 Å². The molecule has 0 aliphatic heterocycles. The molecule has 156 valence electrons. The number of aromatic nitrogens is 3. The van der Waals surface area contributed by atoms with Gasteiger partial charge < -0.3 is 19.7 Å². The van der Waals surface area contributed by atoms with E-state index in [4.69, 9.17) is 0 Å². The van der Waals surface area contributed by atoms with Gasteiger partial charge in [-0.3, -0.25) is 14.4 Å². The second-order valence-electron chi connectivity index (χ2n) is 6.37. The lowest BCUT2D eigenvalue weighted by Crippen LogP contribution is -2.41. The smallest absolute Gasteiger partial charge is 0.254 e. The van der Waals surface area contributed by atoms with Crippen LogP contribution in [-0.4, -0.2) is 74.7 Å². The summed E-state index contributed by atoms with van der Waals surface area (Å²) in [5, 5.41) is 11.1. The van der Waals surface area contributed by atoms with Crippen LogP contribution in [0, 0.1) is 0 Å². The largest absolute Gasteiger partial charge is 0.342 e. The van der Waals surface area contributed by atoms with Gasteiger partial charge in [0.25, 0.3) is 5.91 Å². The van der Waals surface area contributed by atoms with Crippen LogP contribution in [0.5, 0.6) is 0 Å².